The van der Waals surface area contributed by atoms with Crippen LogP contribution < -0.4 is 11.3 Å². The lowest BCUT2D eigenvalue weighted by Gasteiger charge is -2.01. The Kier molecular flexibility index (Phi) is 3.06. The van der Waals surface area contributed by atoms with E-state index in [9.17, 15) is 0 Å². The predicted molar refractivity (Wildman–Crippen MR) is 62.1 cm³/mol. The number of aliphatic imine (C=N–C) groups is 1. The van der Waals surface area contributed by atoms with Crippen molar-refractivity contribution in [3.05, 3.63) is 46.9 Å². The van der Waals surface area contributed by atoms with Crippen molar-refractivity contribution in [3.63, 3.8) is 0 Å². The summed E-state index contributed by atoms with van der Waals surface area (Å²) in [6.45, 7) is 0. The van der Waals surface area contributed by atoms with Gasteiger partial charge in [-0.25, -0.2) is 15.8 Å². The molecule has 15 heavy (non-hydrogen) atoms. The van der Waals surface area contributed by atoms with Crippen LogP contribution in [0.3, 0.4) is 0 Å². The molecule has 0 fully saturated rings. The molecule has 0 saturated heterocycles. The summed E-state index contributed by atoms with van der Waals surface area (Å²) in [7, 11) is 0. The largest absolute Gasteiger partial charge is 0.307 e. The van der Waals surface area contributed by atoms with Gasteiger partial charge in [0.15, 0.2) is 5.84 Å². The summed E-state index contributed by atoms with van der Waals surface area (Å²) in [5.41, 5.74) is 5.89. The molecule has 0 aliphatic heterocycles. The van der Waals surface area contributed by atoms with Crippen molar-refractivity contribution in [2.24, 2.45) is 10.8 Å². The van der Waals surface area contributed by atoms with Crippen molar-refractivity contribution in [2.45, 2.75) is 0 Å². The number of thiazole rings is 1. The predicted octanol–water partition coefficient (Wildman–Crippen LogP) is 1.68. The highest BCUT2D eigenvalue weighted by molar-refractivity contribution is 7.07. The van der Waals surface area contributed by atoms with E-state index in [1.165, 1.54) is 11.3 Å². The Bertz CT molecular complexity index is 436. The zero-order chi connectivity index (χ0) is 10.5. The van der Waals surface area contributed by atoms with E-state index in [1.807, 2.05) is 35.7 Å². The van der Waals surface area contributed by atoms with Gasteiger partial charge in [0.2, 0.25) is 0 Å². The fraction of sp³-hybridized carbons (Fsp3) is 0. The second-order valence-corrected chi connectivity index (χ2v) is 3.53. The highest BCUT2D eigenvalue weighted by Gasteiger charge is 2.03. The van der Waals surface area contributed by atoms with Gasteiger partial charge in [-0.3, -0.25) is 0 Å². The molecule has 76 valence electrons. The molecule has 3 N–H and O–H groups in total. The summed E-state index contributed by atoms with van der Waals surface area (Å²) in [6, 6.07) is 9.60. The van der Waals surface area contributed by atoms with Crippen molar-refractivity contribution in [2.75, 3.05) is 0 Å². The quantitative estimate of drug-likeness (QED) is 0.349. The average Bonchev–Trinajstić information content (AvgIpc) is 2.81. The molecule has 0 aliphatic carbocycles. The minimum Gasteiger partial charge on any atom is -0.307 e. The number of rotatable bonds is 2. The van der Waals surface area contributed by atoms with Crippen LogP contribution in [0.4, 0.5) is 5.69 Å². The summed E-state index contributed by atoms with van der Waals surface area (Å²) >= 11 is 1.51. The highest BCUT2D eigenvalue weighted by Crippen LogP contribution is 2.11. The Balaban J connectivity index is 2.32. The van der Waals surface area contributed by atoms with Crippen LogP contribution in [-0.2, 0) is 0 Å². The van der Waals surface area contributed by atoms with Gasteiger partial charge in [0.25, 0.3) is 0 Å². The molecule has 1 aromatic heterocycles. The monoisotopic (exact) mass is 218 g/mol. The van der Waals surface area contributed by atoms with Crippen LogP contribution in [0.15, 0.2) is 46.2 Å². The van der Waals surface area contributed by atoms with Crippen molar-refractivity contribution >= 4 is 22.9 Å². The van der Waals surface area contributed by atoms with E-state index in [4.69, 9.17) is 5.84 Å². The number of hydrazine groups is 1. The first-order chi connectivity index (χ1) is 7.40. The number of para-hydroxylation sites is 1. The summed E-state index contributed by atoms with van der Waals surface area (Å²) < 4.78 is 0. The number of hydrogen-bond donors (Lipinski definition) is 2. The lowest BCUT2D eigenvalue weighted by molar-refractivity contribution is 1.02. The smallest absolute Gasteiger partial charge is 0.167 e. The van der Waals surface area contributed by atoms with E-state index in [2.05, 4.69) is 15.4 Å². The summed E-state index contributed by atoms with van der Waals surface area (Å²) in [6.07, 6.45) is 0. The van der Waals surface area contributed by atoms with Gasteiger partial charge in [-0.05, 0) is 12.1 Å². The Morgan fingerprint density at radius 2 is 2.13 bits per heavy atom. The third-order valence-corrected chi connectivity index (χ3v) is 2.40. The van der Waals surface area contributed by atoms with Crippen LogP contribution >= 0.6 is 11.3 Å². The SMILES string of the molecule is NNC(=Nc1ccccc1)c1cscn1. The molecule has 5 heteroatoms. The minimum absolute atomic E-state index is 0.572. The normalized spacial score (nSPS) is 11.4. The summed E-state index contributed by atoms with van der Waals surface area (Å²) in [4.78, 5) is 8.47. The molecule has 1 heterocycles. The summed E-state index contributed by atoms with van der Waals surface area (Å²) in [5, 5.41) is 1.89. The van der Waals surface area contributed by atoms with Gasteiger partial charge >= 0.3 is 0 Å². The second kappa shape index (κ2) is 4.68. The van der Waals surface area contributed by atoms with Crippen molar-refractivity contribution in [1.82, 2.24) is 10.4 Å². The van der Waals surface area contributed by atoms with Gasteiger partial charge in [-0.1, -0.05) is 18.2 Å². The molecule has 0 amide bonds. The lowest BCUT2D eigenvalue weighted by atomic mass is 10.3. The molecule has 0 spiro atoms. The molecule has 0 bridgehead atoms. The number of nitrogens with one attached hydrogen (secondary N) is 1. The average molecular weight is 218 g/mol. The van der Waals surface area contributed by atoms with Gasteiger partial charge in [0.1, 0.15) is 5.69 Å². The van der Waals surface area contributed by atoms with Crippen molar-refractivity contribution in [1.29, 1.82) is 0 Å². The van der Waals surface area contributed by atoms with Crippen LogP contribution in [0.25, 0.3) is 0 Å². The van der Waals surface area contributed by atoms with Gasteiger partial charge in [-0.15, -0.1) is 11.3 Å². The molecule has 2 rings (SSSR count). The van der Waals surface area contributed by atoms with Crippen molar-refractivity contribution in [3.8, 4) is 0 Å². The minimum atomic E-state index is 0.572. The number of nitrogens with two attached hydrogens (primary N) is 1. The molecule has 0 atom stereocenters. The molecular formula is C10H10N4S. The van der Waals surface area contributed by atoms with Crippen LogP contribution in [0, 0.1) is 0 Å². The zero-order valence-electron chi connectivity index (χ0n) is 7.92. The van der Waals surface area contributed by atoms with Crippen molar-refractivity contribution < 1.29 is 0 Å². The number of hydrogen-bond acceptors (Lipinski definition) is 4. The number of amidine groups is 1. The third-order valence-electron chi connectivity index (χ3n) is 1.81. The van der Waals surface area contributed by atoms with Gasteiger partial charge < -0.3 is 5.43 Å². The van der Waals surface area contributed by atoms with Crippen LogP contribution in [-0.4, -0.2) is 10.8 Å². The fourth-order valence-corrected chi connectivity index (χ4v) is 1.66. The maximum Gasteiger partial charge on any atom is 0.167 e. The van der Waals surface area contributed by atoms with Crippen LogP contribution in [0.2, 0.25) is 0 Å². The van der Waals surface area contributed by atoms with E-state index in [-0.39, 0.29) is 0 Å². The maximum absolute atomic E-state index is 5.40. The van der Waals surface area contributed by atoms with Gasteiger partial charge in [0, 0.05) is 5.38 Å². The Hall–Kier alpha value is -1.72. The summed E-state index contributed by atoms with van der Waals surface area (Å²) in [5.74, 6) is 5.97. The molecular weight excluding hydrogens is 208 g/mol. The topological polar surface area (TPSA) is 63.3 Å². The Morgan fingerprint density at radius 1 is 1.33 bits per heavy atom. The molecule has 2 aromatic rings. The molecule has 0 radical (unpaired) electrons. The highest BCUT2D eigenvalue weighted by atomic mass is 32.1. The number of nitrogens with zero attached hydrogens (tertiary/aromatic N) is 2. The Morgan fingerprint density at radius 3 is 2.73 bits per heavy atom. The van der Waals surface area contributed by atoms with Gasteiger partial charge in [0.05, 0.1) is 11.2 Å². The lowest BCUT2D eigenvalue weighted by Crippen LogP contribution is -2.31. The zero-order valence-corrected chi connectivity index (χ0v) is 8.74. The van der Waals surface area contributed by atoms with E-state index < -0.39 is 0 Å². The first-order valence-electron chi connectivity index (χ1n) is 4.39. The van der Waals surface area contributed by atoms with Gasteiger partial charge in [-0.2, -0.15) is 0 Å². The van der Waals surface area contributed by atoms with Crippen LogP contribution in [0.5, 0.6) is 0 Å². The van der Waals surface area contributed by atoms with E-state index >= 15 is 0 Å². The van der Waals surface area contributed by atoms with Crippen LogP contribution in [0.1, 0.15) is 5.69 Å². The Labute approximate surface area is 91.5 Å². The molecule has 0 saturated carbocycles. The molecule has 0 unspecified atom stereocenters. The third kappa shape index (κ3) is 2.39. The van der Waals surface area contributed by atoms with E-state index in [0.29, 0.717) is 5.84 Å². The standard InChI is InChI=1S/C10H10N4S/c11-14-10(9-6-15-7-12-9)13-8-4-2-1-3-5-8/h1-7H,11H2,(H,13,14). The first kappa shape index (κ1) is 9.82. The van der Waals surface area contributed by atoms with E-state index in [0.717, 1.165) is 11.4 Å². The second-order valence-electron chi connectivity index (χ2n) is 2.81. The molecule has 0 aliphatic rings. The number of aromatic nitrogens is 1. The fourth-order valence-electron chi connectivity index (χ4n) is 1.12. The molecule has 1 aromatic carbocycles. The van der Waals surface area contributed by atoms with E-state index in [1.54, 1.807) is 5.51 Å². The molecule has 4 nitrogen and oxygen atoms in total. The number of benzene rings is 1. The first-order valence-corrected chi connectivity index (χ1v) is 5.33. The maximum atomic E-state index is 5.40.